The number of piperazine rings is 1. The van der Waals surface area contributed by atoms with Gasteiger partial charge >= 0.3 is 0 Å². The average molecular weight is 432 g/mol. The van der Waals surface area contributed by atoms with Crippen molar-refractivity contribution in [2.75, 3.05) is 31.1 Å². The van der Waals surface area contributed by atoms with Gasteiger partial charge in [-0.2, -0.15) is 12.6 Å². The Labute approximate surface area is 189 Å². The van der Waals surface area contributed by atoms with Crippen LogP contribution in [0.3, 0.4) is 0 Å². The van der Waals surface area contributed by atoms with Crippen LogP contribution < -0.4 is 4.90 Å². The Kier molecular flexibility index (Phi) is 7.26. The SMILES string of the molecule is CC1CCC(N2CCC(c3cnc(N4C(C)CN(C(C)C)CC4S)nc3)CC2)CC1. The molecule has 1 aliphatic carbocycles. The number of nitrogens with zero attached hydrogens (tertiary/aromatic N) is 5. The average Bonchev–Trinajstić information content (AvgIpc) is 2.74. The molecule has 6 heteroatoms. The van der Waals surface area contributed by atoms with Gasteiger partial charge in [0.1, 0.15) is 0 Å². The van der Waals surface area contributed by atoms with Gasteiger partial charge in [0.2, 0.25) is 5.95 Å². The molecule has 30 heavy (non-hydrogen) atoms. The van der Waals surface area contributed by atoms with Gasteiger partial charge in [0.25, 0.3) is 0 Å². The van der Waals surface area contributed by atoms with E-state index in [1.807, 2.05) is 0 Å². The molecule has 168 valence electrons. The van der Waals surface area contributed by atoms with E-state index in [2.05, 4.69) is 54.8 Å². The first-order chi connectivity index (χ1) is 14.4. The number of hydrogen-bond donors (Lipinski definition) is 1. The Morgan fingerprint density at radius 2 is 1.57 bits per heavy atom. The summed E-state index contributed by atoms with van der Waals surface area (Å²) in [6, 6.07) is 1.76. The molecule has 2 aliphatic heterocycles. The van der Waals surface area contributed by atoms with Gasteiger partial charge in [0.05, 0.1) is 5.37 Å². The topological polar surface area (TPSA) is 35.5 Å². The van der Waals surface area contributed by atoms with Gasteiger partial charge in [-0.1, -0.05) is 6.92 Å². The van der Waals surface area contributed by atoms with Gasteiger partial charge in [0, 0.05) is 43.6 Å². The van der Waals surface area contributed by atoms with E-state index in [1.165, 1.54) is 57.2 Å². The first-order valence-corrected chi connectivity index (χ1v) is 12.7. The molecule has 3 aliphatic rings. The zero-order valence-corrected chi connectivity index (χ0v) is 20.3. The normalized spacial score (nSPS) is 32.7. The van der Waals surface area contributed by atoms with Crippen molar-refractivity contribution in [3.05, 3.63) is 18.0 Å². The van der Waals surface area contributed by atoms with Gasteiger partial charge in [-0.25, -0.2) is 9.97 Å². The maximum atomic E-state index is 4.87. The molecule has 0 amide bonds. The Morgan fingerprint density at radius 3 is 2.13 bits per heavy atom. The van der Waals surface area contributed by atoms with Crippen molar-refractivity contribution >= 4 is 18.6 Å². The van der Waals surface area contributed by atoms with E-state index in [0.717, 1.165) is 31.0 Å². The van der Waals surface area contributed by atoms with E-state index in [9.17, 15) is 0 Å². The molecular formula is C24H41N5S. The van der Waals surface area contributed by atoms with E-state index in [1.54, 1.807) is 0 Å². The summed E-state index contributed by atoms with van der Waals surface area (Å²) in [5.41, 5.74) is 1.32. The molecule has 1 aromatic heterocycles. The van der Waals surface area contributed by atoms with Crippen LogP contribution in [-0.4, -0.2) is 69.4 Å². The highest BCUT2D eigenvalue weighted by Gasteiger charge is 2.33. The summed E-state index contributed by atoms with van der Waals surface area (Å²) in [6.45, 7) is 13.6. The molecule has 2 atom stereocenters. The summed E-state index contributed by atoms with van der Waals surface area (Å²) in [5.74, 6) is 2.38. The van der Waals surface area contributed by atoms with Crippen LogP contribution in [0.4, 0.5) is 5.95 Å². The highest BCUT2D eigenvalue weighted by Crippen LogP contribution is 2.33. The van der Waals surface area contributed by atoms with Crippen LogP contribution in [0.15, 0.2) is 12.4 Å². The van der Waals surface area contributed by atoms with Crippen LogP contribution in [-0.2, 0) is 0 Å². The number of thiol groups is 1. The molecule has 0 N–H and O–H groups in total. The van der Waals surface area contributed by atoms with E-state index >= 15 is 0 Å². The monoisotopic (exact) mass is 431 g/mol. The molecule has 1 aromatic rings. The summed E-state index contributed by atoms with van der Waals surface area (Å²) in [4.78, 5) is 17.1. The molecular weight excluding hydrogens is 390 g/mol. The van der Waals surface area contributed by atoms with Crippen molar-refractivity contribution in [1.82, 2.24) is 19.8 Å². The van der Waals surface area contributed by atoms with Crippen LogP contribution in [0.25, 0.3) is 0 Å². The second kappa shape index (κ2) is 9.74. The van der Waals surface area contributed by atoms with Crippen molar-refractivity contribution in [2.24, 2.45) is 5.92 Å². The molecule has 0 bridgehead atoms. The highest BCUT2D eigenvalue weighted by molar-refractivity contribution is 7.81. The highest BCUT2D eigenvalue weighted by atomic mass is 32.1. The first kappa shape index (κ1) is 22.3. The molecule has 3 fully saturated rings. The molecule has 1 saturated carbocycles. The molecule has 4 rings (SSSR count). The zero-order valence-electron chi connectivity index (χ0n) is 19.4. The summed E-state index contributed by atoms with van der Waals surface area (Å²) in [5, 5.41) is 0.142. The molecule has 2 saturated heterocycles. The first-order valence-electron chi connectivity index (χ1n) is 12.2. The van der Waals surface area contributed by atoms with Crippen molar-refractivity contribution in [1.29, 1.82) is 0 Å². The third-order valence-electron chi connectivity index (χ3n) is 7.81. The van der Waals surface area contributed by atoms with Crippen LogP contribution in [0.2, 0.25) is 0 Å². The van der Waals surface area contributed by atoms with Crippen LogP contribution in [0, 0.1) is 5.92 Å². The van der Waals surface area contributed by atoms with Gasteiger partial charge in [-0.05, 0) is 89.8 Å². The lowest BCUT2D eigenvalue weighted by atomic mass is 9.84. The second-order valence-corrected chi connectivity index (χ2v) is 10.9. The predicted octanol–water partition coefficient (Wildman–Crippen LogP) is 4.41. The standard InChI is InChI=1S/C24H41N5S/c1-17(2)28-15-19(4)29(23(30)16-28)24-25-13-21(14-26-24)20-9-11-27(12-10-20)22-7-5-18(3)6-8-22/h13-14,17-20,22-23,30H,5-12,15-16H2,1-4H3. The molecule has 5 nitrogen and oxygen atoms in total. The minimum Gasteiger partial charge on any atom is -0.324 e. The third-order valence-corrected chi connectivity index (χ3v) is 8.23. The Hall–Kier alpha value is -0.850. The molecule has 3 heterocycles. The smallest absolute Gasteiger partial charge is 0.226 e. The number of hydrogen-bond acceptors (Lipinski definition) is 6. The van der Waals surface area contributed by atoms with Gasteiger partial charge in [-0.15, -0.1) is 0 Å². The third kappa shape index (κ3) is 4.97. The fraction of sp³-hybridized carbons (Fsp3) is 0.833. The number of piperidine rings is 1. The maximum Gasteiger partial charge on any atom is 0.226 e. The summed E-state index contributed by atoms with van der Waals surface area (Å²) >= 11 is 4.87. The molecule has 0 aromatic carbocycles. The van der Waals surface area contributed by atoms with E-state index in [-0.39, 0.29) is 5.37 Å². The number of aromatic nitrogens is 2. The molecule has 0 radical (unpaired) electrons. The Morgan fingerprint density at radius 1 is 0.933 bits per heavy atom. The van der Waals surface area contributed by atoms with Gasteiger partial charge in [0.15, 0.2) is 0 Å². The minimum atomic E-state index is 0.142. The summed E-state index contributed by atoms with van der Waals surface area (Å²) in [7, 11) is 0. The fourth-order valence-electron chi connectivity index (χ4n) is 5.73. The minimum absolute atomic E-state index is 0.142. The molecule has 2 unspecified atom stereocenters. The van der Waals surface area contributed by atoms with Crippen LogP contribution in [0.5, 0.6) is 0 Å². The van der Waals surface area contributed by atoms with Crippen molar-refractivity contribution in [3.8, 4) is 0 Å². The van der Waals surface area contributed by atoms with Gasteiger partial charge < -0.3 is 9.80 Å². The Balaban J connectivity index is 1.33. The number of likely N-dealkylation sites (tertiary alicyclic amines) is 1. The van der Waals surface area contributed by atoms with Crippen LogP contribution in [0.1, 0.15) is 77.7 Å². The van der Waals surface area contributed by atoms with Crippen LogP contribution >= 0.6 is 12.6 Å². The largest absolute Gasteiger partial charge is 0.324 e. The lowest BCUT2D eigenvalue weighted by molar-refractivity contribution is 0.110. The lowest BCUT2D eigenvalue weighted by Crippen LogP contribution is -2.58. The summed E-state index contributed by atoms with van der Waals surface area (Å²) < 4.78 is 0. The molecule has 0 spiro atoms. The van der Waals surface area contributed by atoms with Gasteiger partial charge in [-0.3, -0.25) is 4.90 Å². The predicted molar refractivity (Wildman–Crippen MR) is 128 cm³/mol. The number of rotatable bonds is 4. The van der Waals surface area contributed by atoms with Crippen molar-refractivity contribution in [2.45, 2.75) is 95.6 Å². The van der Waals surface area contributed by atoms with Crippen molar-refractivity contribution < 1.29 is 0 Å². The van der Waals surface area contributed by atoms with E-state index < -0.39 is 0 Å². The maximum absolute atomic E-state index is 4.87. The van der Waals surface area contributed by atoms with Crippen molar-refractivity contribution in [3.63, 3.8) is 0 Å². The number of anilines is 1. The Bertz CT molecular complexity index is 653. The quantitative estimate of drug-likeness (QED) is 0.715. The van der Waals surface area contributed by atoms with E-state index in [0.29, 0.717) is 18.0 Å². The second-order valence-electron chi connectivity index (χ2n) is 10.3. The summed E-state index contributed by atoms with van der Waals surface area (Å²) in [6.07, 6.45) is 12.3. The van der Waals surface area contributed by atoms with E-state index in [4.69, 9.17) is 22.6 Å². The lowest BCUT2D eigenvalue weighted by Gasteiger charge is -2.45. The fourth-order valence-corrected chi connectivity index (χ4v) is 6.27. The zero-order chi connectivity index (χ0) is 21.3.